The average molecular weight is 435 g/mol. The highest BCUT2D eigenvalue weighted by molar-refractivity contribution is 6.48. The van der Waals surface area contributed by atoms with Crippen molar-refractivity contribution in [3.05, 3.63) is 44.7 Å². The summed E-state index contributed by atoms with van der Waals surface area (Å²) in [6, 6.07) is 2.89. The van der Waals surface area contributed by atoms with Crippen LogP contribution in [-0.4, -0.2) is 44.7 Å². The van der Waals surface area contributed by atoms with E-state index in [0.717, 1.165) is 6.20 Å². The molecule has 0 spiro atoms. The van der Waals surface area contributed by atoms with Gasteiger partial charge in [0.15, 0.2) is 23.8 Å². The molecular weight excluding hydrogens is 421 g/mol. The molecule has 2 rings (SSSR count). The van der Waals surface area contributed by atoms with E-state index in [-0.39, 0.29) is 26.3 Å². The number of Topliss-reactive ketones (excluding diaryl/α,β-unsaturated/α-hetero) is 1. The van der Waals surface area contributed by atoms with Crippen LogP contribution in [0.2, 0.25) is 15.1 Å². The Kier molecular flexibility index (Phi) is 7.12. The first-order valence-electron chi connectivity index (χ1n) is 7.33. The number of hydrogen-bond acceptors (Lipinski definition) is 7. The number of ether oxygens (including phenoxy) is 4. The summed E-state index contributed by atoms with van der Waals surface area (Å²) in [4.78, 5) is 28.3. The summed E-state index contributed by atoms with van der Waals surface area (Å²) in [5, 5.41) is -0.0997. The molecule has 0 atom stereocenters. The Bertz CT molecular complexity index is 862. The standard InChI is InChI=1S/C17H14Cl3NO6/c1-24-11-4-8(5-12(25-2)16(11)26-3)10(22)7-27-17(23)15-14(20)13(19)9(18)6-21-15/h4-6H,7H2,1-3H3. The second kappa shape index (κ2) is 9.12. The number of ketones is 1. The van der Waals surface area contributed by atoms with Crippen LogP contribution in [0.25, 0.3) is 0 Å². The van der Waals surface area contributed by atoms with Gasteiger partial charge in [-0.1, -0.05) is 34.8 Å². The number of methoxy groups -OCH3 is 3. The minimum atomic E-state index is -0.917. The summed E-state index contributed by atoms with van der Waals surface area (Å²) >= 11 is 17.6. The Balaban J connectivity index is 2.18. The van der Waals surface area contributed by atoms with Gasteiger partial charge in [0.2, 0.25) is 11.5 Å². The topological polar surface area (TPSA) is 84.0 Å². The number of rotatable bonds is 7. The first-order valence-corrected chi connectivity index (χ1v) is 8.47. The van der Waals surface area contributed by atoms with E-state index in [4.69, 9.17) is 53.8 Å². The Hall–Kier alpha value is -2.22. The Morgan fingerprint density at radius 3 is 2.07 bits per heavy atom. The molecule has 1 aromatic carbocycles. The summed E-state index contributed by atoms with van der Waals surface area (Å²) < 4.78 is 20.5. The van der Waals surface area contributed by atoms with Crippen LogP contribution in [0, 0.1) is 0 Å². The number of aromatic nitrogens is 1. The van der Waals surface area contributed by atoms with E-state index in [1.165, 1.54) is 33.5 Å². The van der Waals surface area contributed by atoms with Crippen LogP contribution in [0.4, 0.5) is 0 Å². The normalized spacial score (nSPS) is 10.3. The van der Waals surface area contributed by atoms with Gasteiger partial charge in [-0.2, -0.15) is 0 Å². The summed E-state index contributed by atoms with van der Waals surface area (Å²) in [6.07, 6.45) is 1.16. The van der Waals surface area contributed by atoms with Crippen molar-refractivity contribution in [3.63, 3.8) is 0 Å². The number of pyridine rings is 1. The molecule has 0 radical (unpaired) electrons. The zero-order valence-electron chi connectivity index (χ0n) is 14.5. The fourth-order valence-corrected chi connectivity index (χ4v) is 2.67. The van der Waals surface area contributed by atoms with Gasteiger partial charge in [0.05, 0.1) is 36.4 Å². The molecular formula is C17H14Cl3NO6. The molecule has 10 heteroatoms. The second-order valence-electron chi connectivity index (χ2n) is 5.00. The van der Waals surface area contributed by atoms with Crippen LogP contribution in [0.1, 0.15) is 20.8 Å². The maximum absolute atomic E-state index is 12.4. The molecule has 0 amide bonds. The number of halogens is 3. The fourth-order valence-electron chi connectivity index (χ4n) is 2.11. The fraction of sp³-hybridized carbons (Fsp3) is 0.235. The maximum atomic E-state index is 12.4. The van der Waals surface area contributed by atoms with E-state index < -0.39 is 18.4 Å². The highest BCUT2D eigenvalue weighted by atomic mass is 35.5. The minimum absolute atomic E-state index is 0.0313. The van der Waals surface area contributed by atoms with Crippen molar-refractivity contribution in [2.75, 3.05) is 27.9 Å². The molecule has 1 heterocycles. The van der Waals surface area contributed by atoms with Crippen LogP contribution >= 0.6 is 34.8 Å². The third-order valence-electron chi connectivity index (χ3n) is 3.43. The quantitative estimate of drug-likeness (QED) is 0.479. The lowest BCUT2D eigenvalue weighted by atomic mass is 10.1. The first kappa shape index (κ1) is 21.1. The minimum Gasteiger partial charge on any atom is -0.493 e. The van der Waals surface area contributed by atoms with Crippen LogP contribution in [0.15, 0.2) is 18.3 Å². The molecule has 1 aromatic heterocycles. The number of esters is 1. The van der Waals surface area contributed by atoms with Gasteiger partial charge in [-0.15, -0.1) is 0 Å². The Morgan fingerprint density at radius 2 is 1.56 bits per heavy atom. The number of hydrogen-bond donors (Lipinski definition) is 0. The lowest BCUT2D eigenvalue weighted by molar-refractivity contribution is 0.0469. The van der Waals surface area contributed by atoms with E-state index in [2.05, 4.69) is 4.98 Å². The van der Waals surface area contributed by atoms with Crippen molar-refractivity contribution in [2.45, 2.75) is 0 Å². The molecule has 7 nitrogen and oxygen atoms in total. The van der Waals surface area contributed by atoms with Gasteiger partial charge in [-0.25, -0.2) is 9.78 Å². The summed E-state index contributed by atoms with van der Waals surface area (Å²) in [6.45, 7) is -0.560. The number of benzene rings is 1. The van der Waals surface area contributed by atoms with Crippen molar-refractivity contribution >= 4 is 46.6 Å². The molecule has 27 heavy (non-hydrogen) atoms. The molecule has 0 aliphatic rings. The zero-order chi connectivity index (χ0) is 20.1. The van der Waals surface area contributed by atoms with E-state index in [0.29, 0.717) is 17.2 Å². The lowest BCUT2D eigenvalue weighted by Gasteiger charge is -2.13. The van der Waals surface area contributed by atoms with Gasteiger partial charge < -0.3 is 18.9 Å². The average Bonchev–Trinajstić information content (AvgIpc) is 2.68. The third-order valence-corrected chi connectivity index (χ3v) is 4.67. The highest BCUT2D eigenvalue weighted by Gasteiger charge is 2.21. The van der Waals surface area contributed by atoms with Gasteiger partial charge in [0.25, 0.3) is 0 Å². The highest BCUT2D eigenvalue weighted by Crippen LogP contribution is 2.38. The van der Waals surface area contributed by atoms with Crippen LogP contribution < -0.4 is 14.2 Å². The van der Waals surface area contributed by atoms with Gasteiger partial charge >= 0.3 is 5.97 Å². The Morgan fingerprint density at radius 1 is 0.963 bits per heavy atom. The first-order chi connectivity index (χ1) is 12.8. The summed E-state index contributed by atoms with van der Waals surface area (Å²) in [7, 11) is 4.28. The molecule has 0 N–H and O–H groups in total. The third kappa shape index (κ3) is 4.55. The summed E-state index contributed by atoms with van der Waals surface area (Å²) in [5.74, 6) is -0.500. The smallest absolute Gasteiger partial charge is 0.358 e. The number of carbonyl (C=O) groups excluding carboxylic acids is 2. The van der Waals surface area contributed by atoms with Crippen molar-refractivity contribution in [1.29, 1.82) is 0 Å². The van der Waals surface area contributed by atoms with E-state index in [1.807, 2.05) is 0 Å². The molecule has 0 saturated carbocycles. The van der Waals surface area contributed by atoms with Gasteiger partial charge in [-0.05, 0) is 12.1 Å². The molecule has 0 fully saturated rings. The van der Waals surface area contributed by atoms with Crippen molar-refractivity contribution in [2.24, 2.45) is 0 Å². The molecule has 2 aromatic rings. The lowest BCUT2D eigenvalue weighted by Crippen LogP contribution is -2.16. The monoisotopic (exact) mass is 433 g/mol. The van der Waals surface area contributed by atoms with Crippen molar-refractivity contribution < 1.29 is 28.5 Å². The number of nitrogens with zero attached hydrogens (tertiary/aromatic N) is 1. The molecule has 0 aliphatic carbocycles. The van der Waals surface area contributed by atoms with Crippen molar-refractivity contribution in [3.8, 4) is 17.2 Å². The SMILES string of the molecule is COc1cc(C(=O)COC(=O)c2ncc(Cl)c(Cl)c2Cl)cc(OC)c1OC. The molecule has 0 unspecified atom stereocenters. The summed E-state index contributed by atoms with van der Waals surface area (Å²) in [5.41, 5.74) is -0.0470. The zero-order valence-corrected chi connectivity index (χ0v) is 16.7. The number of carbonyl (C=O) groups is 2. The van der Waals surface area contributed by atoms with E-state index in [9.17, 15) is 9.59 Å². The molecule has 144 valence electrons. The predicted molar refractivity (Wildman–Crippen MR) is 100.0 cm³/mol. The Labute approximate surface area is 170 Å². The van der Waals surface area contributed by atoms with Crippen LogP contribution in [0.3, 0.4) is 0 Å². The van der Waals surface area contributed by atoms with Crippen LogP contribution in [-0.2, 0) is 4.74 Å². The van der Waals surface area contributed by atoms with E-state index >= 15 is 0 Å². The van der Waals surface area contributed by atoms with Gasteiger partial charge in [0, 0.05) is 11.8 Å². The molecule has 0 aliphatic heterocycles. The van der Waals surface area contributed by atoms with Gasteiger partial charge in [-0.3, -0.25) is 4.79 Å². The van der Waals surface area contributed by atoms with Crippen molar-refractivity contribution in [1.82, 2.24) is 4.98 Å². The predicted octanol–water partition coefficient (Wildman–Crippen LogP) is 4.11. The largest absolute Gasteiger partial charge is 0.493 e. The second-order valence-corrected chi connectivity index (χ2v) is 6.16. The van der Waals surface area contributed by atoms with Gasteiger partial charge in [0.1, 0.15) is 0 Å². The molecule has 0 bridgehead atoms. The van der Waals surface area contributed by atoms with Crippen LogP contribution in [0.5, 0.6) is 17.2 Å². The van der Waals surface area contributed by atoms with E-state index in [1.54, 1.807) is 0 Å². The molecule has 0 saturated heterocycles. The maximum Gasteiger partial charge on any atom is 0.358 e.